The second kappa shape index (κ2) is 5.12. The molecular weight excluding hydrogens is 212 g/mol. The van der Waals surface area contributed by atoms with E-state index in [1.165, 1.54) is 11.1 Å². The summed E-state index contributed by atoms with van der Waals surface area (Å²) in [4.78, 5) is 4.33. The lowest BCUT2D eigenvalue weighted by Gasteiger charge is -2.15. The fourth-order valence-electron chi connectivity index (χ4n) is 1.92. The first-order chi connectivity index (χ1) is 8.20. The maximum atomic E-state index is 5.61. The largest absolute Gasteiger partial charge is 0.340 e. The van der Waals surface area contributed by atoms with Crippen molar-refractivity contribution in [3.63, 3.8) is 0 Å². The number of imidazole rings is 1. The lowest BCUT2D eigenvalue weighted by Crippen LogP contribution is -2.30. The Bertz CT molecular complexity index is 490. The number of hydrazine groups is 1. The molecule has 2 rings (SSSR count). The third kappa shape index (κ3) is 2.72. The minimum absolute atomic E-state index is 0.0531. The van der Waals surface area contributed by atoms with E-state index in [2.05, 4.69) is 29.5 Å². The van der Waals surface area contributed by atoms with Crippen LogP contribution in [0.4, 0.5) is 0 Å². The number of nitrogens with two attached hydrogens (primary N) is 1. The van der Waals surface area contributed by atoms with Crippen molar-refractivity contribution in [3.8, 4) is 0 Å². The summed E-state index contributed by atoms with van der Waals surface area (Å²) in [5, 5.41) is 0. The van der Waals surface area contributed by atoms with Gasteiger partial charge in [0.2, 0.25) is 0 Å². The molecule has 4 heteroatoms. The minimum Gasteiger partial charge on any atom is -0.340 e. The number of rotatable bonds is 4. The van der Waals surface area contributed by atoms with Gasteiger partial charge in [-0.1, -0.05) is 24.3 Å². The Morgan fingerprint density at radius 1 is 1.41 bits per heavy atom. The van der Waals surface area contributed by atoms with Gasteiger partial charge < -0.3 is 4.57 Å². The molecule has 1 aromatic heterocycles. The zero-order valence-corrected chi connectivity index (χ0v) is 10.2. The Kier molecular flexibility index (Phi) is 3.56. The van der Waals surface area contributed by atoms with Gasteiger partial charge in [0.25, 0.3) is 0 Å². The van der Waals surface area contributed by atoms with Crippen LogP contribution in [0.1, 0.15) is 22.9 Å². The van der Waals surface area contributed by atoms with Crippen LogP contribution in [0.15, 0.2) is 36.8 Å². The fourth-order valence-corrected chi connectivity index (χ4v) is 1.92. The Labute approximate surface area is 101 Å². The van der Waals surface area contributed by atoms with Crippen LogP contribution in [0, 0.1) is 6.92 Å². The smallest absolute Gasteiger partial charge is 0.0947 e. The van der Waals surface area contributed by atoms with E-state index in [0.29, 0.717) is 0 Å². The molecule has 0 aliphatic rings. The summed E-state index contributed by atoms with van der Waals surface area (Å²) < 4.78 is 1.93. The summed E-state index contributed by atoms with van der Waals surface area (Å²) in [5.41, 5.74) is 6.38. The van der Waals surface area contributed by atoms with Gasteiger partial charge in [0, 0.05) is 13.2 Å². The number of nitrogens with zero attached hydrogens (tertiary/aromatic N) is 2. The third-order valence-electron chi connectivity index (χ3n) is 2.97. The topological polar surface area (TPSA) is 55.9 Å². The van der Waals surface area contributed by atoms with E-state index >= 15 is 0 Å². The molecule has 4 nitrogen and oxygen atoms in total. The van der Waals surface area contributed by atoms with Crippen molar-refractivity contribution in [2.45, 2.75) is 19.4 Å². The van der Waals surface area contributed by atoms with Gasteiger partial charge in [-0.15, -0.1) is 0 Å². The standard InChI is InChI=1S/C13H18N4/c1-10-5-3-4-6-11(10)7-12(16-14)13-8-17(2)9-15-13/h3-6,8-9,12,16H,7,14H2,1-2H3. The van der Waals surface area contributed by atoms with Crippen molar-refractivity contribution in [2.24, 2.45) is 12.9 Å². The lowest BCUT2D eigenvalue weighted by molar-refractivity contribution is 0.539. The van der Waals surface area contributed by atoms with Gasteiger partial charge in [-0.25, -0.2) is 4.98 Å². The van der Waals surface area contributed by atoms with Crippen LogP contribution in [0.2, 0.25) is 0 Å². The minimum atomic E-state index is 0.0531. The summed E-state index contributed by atoms with van der Waals surface area (Å²) in [6, 6.07) is 8.39. The highest BCUT2D eigenvalue weighted by molar-refractivity contribution is 5.27. The number of aromatic nitrogens is 2. The van der Waals surface area contributed by atoms with Crippen LogP contribution in [-0.4, -0.2) is 9.55 Å². The fraction of sp³-hybridized carbons (Fsp3) is 0.308. The van der Waals surface area contributed by atoms with Crippen LogP contribution in [0.3, 0.4) is 0 Å². The molecule has 0 bridgehead atoms. The number of hydrogen-bond acceptors (Lipinski definition) is 3. The molecule has 3 N–H and O–H groups in total. The second-order valence-electron chi connectivity index (χ2n) is 4.31. The molecule has 1 heterocycles. The highest BCUT2D eigenvalue weighted by atomic mass is 15.2. The molecule has 0 aliphatic carbocycles. The van der Waals surface area contributed by atoms with Gasteiger partial charge in [0.15, 0.2) is 0 Å². The SMILES string of the molecule is Cc1ccccc1CC(NN)c1cn(C)cn1. The number of aryl methyl sites for hydroxylation is 2. The van der Waals surface area contributed by atoms with Crippen LogP contribution in [0.5, 0.6) is 0 Å². The molecule has 90 valence electrons. The van der Waals surface area contributed by atoms with Crippen molar-refractivity contribution >= 4 is 0 Å². The van der Waals surface area contributed by atoms with E-state index in [1.807, 2.05) is 29.9 Å². The summed E-state index contributed by atoms with van der Waals surface area (Å²) in [6.07, 6.45) is 4.63. The molecule has 0 aliphatic heterocycles. The van der Waals surface area contributed by atoms with Crippen molar-refractivity contribution in [2.75, 3.05) is 0 Å². The average Bonchev–Trinajstić information content (AvgIpc) is 2.75. The molecule has 0 saturated carbocycles. The Morgan fingerprint density at radius 2 is 2.18 bits per heavy atom. The Balaban J connectivity index is 2.18. The molecular formula is C13H18N4. The average molecular weight is 230 g/mol. The molecule has 0 radical (unpaired) electrons. The monoisotopic (exact) mass is 230 g/mol. The van der Waals surface area contributed by atoms with Crippen LogP contribution >= 0.6 is 0 Å². The zero-order valence-electron chi connectivity index (χ0n) is 10.2. The van der Waals surface area contributed by atoms with Crippen LogP contribution in [-0.2, 0) is 13.5 Å². The van der Waals surface area contributed by atoms with Crippen molar-refractivity contribution < 1.29 is 0 Å². The van der Waals surface area contributed by atoms with E-state index in [-0.39, 0.29) is 6.04 Å². The number of benzene rings is 1. The maximum Gasteiger partial charge on any atom is 0.0947 e. The molecule has 1 aromatic carbocycles. The van der Waals surface area contributed by atoms with E-state index in [1.54, 1.807) is 6.33 Å². The maximum absolute atomic E-state index is 5.61. The highest BCUT2D eigenvalue weighted by Gasteiger charge is 2.13. The first-order valence-electron chi connectivity index (χ1n) is 5.69. The van der Waals surface area contributed by atoms with Gasteiger partial charge in [-0.05, 0) is 24.5 Å². The highest BCUT2D eigenvalue weighted by Crippen LogP contribution is 2.18. The predicted molar refractivity (Wildman–Crippen MR) is 68.2 cm³/mol. The Morgan fingerprint density at radius 3 is 2.76 bits per heavy atom. The molecule has 17 heavy (non-hydrogen) atoms. The summed E-state index contributed by atoms with van der Waals surface area (Å²) in [5.74, 6) is 5.61. The number of nitrogens with one attached hydrogen (secondary N) is 1. The van der Waals surface area contributed by atoms with Crippen LogP contribution in [0.25, 0.3) is 0 Å². The summed E-state index contributed by atoms with van der Waals surface area (Å²) >= 11 is 0. The molecule has 1 unspecified atom stereocenters. The van der Waals surface area contributed by atoms with E-state index in [0.717, 1.165) is 12.1 Å². The zero-order chi connectivity index (χ0) is 12.3. The molecule has 0 spiro atoms. The summed E-state index contributed by atoms with van der Waals surface area (Å²) in [7, 11) is 1.96. The molecule has 2 aromatic rings. The van der Waals surface area contributed by atoms with Gasteiger partial charge in [-0.3, -0.25) is 11.3 Å². The number of hydrogen-bond donors (Lipinski definition) is 2. The van der Waals surface area contributed by atoms with E-state index in [9.17, 15) is 0 Å². The molecule has 0 fully saturated rings. The Hall–Kier alpha value is -1.65. The van der Waals surface area contributed by atoms with Gasteiger partial charge in [0.1, 0.15) is 0 Å². The van der Waals surface area contributed by atoms with Crippen molar-refractivity contribution in [1.29, 1.82) is 0 Å². The van der Waals surface area contributed by atoms with Gasteiger partial charge >= 0.3 is 0 Å². The van der Waals surface area contributed by atoms with Crippen LogP contribution < -0.4 is 11.3 Å². The van der Waals surface area contributed by atoms with Gasteiger partial charge in [0.05, 0.1) is 18.1 Å². The normalized spacial score (nSPS) is 12.6. The predicted octanol–water partition coefficient (Wildman–Crippen LogP) is 1.48. The van der Waals surface area contributed by atoms with E-state index < -0.39 is 0 Å². The first kappa shape index (κ1) is 11.8. The lowest BCUT2D eigenvalue weighted by atomic mass is 10.00. The van der Waals surface area contributed by atoms with Gasteiger partial charge in [-0.2, -0.15) is 0 Å². The second-order valence-corrected chi connectivity index (χ2v) is 4.31. The van der Waals surface area contributed by atoms with Crippen molar-refractivity contribution in [3.05, 3.63) is 53.6 Å². The van der Waals surface area contributed by atoms with E-state index in [4.69, 9.17) is 5.84 Å². The molecule has 0 saturated heterocycles. The molecule has 0 amide bonds. The third-order valence-corrected chi connectivity index (χ3v) is 2.97. The molecule has 1 atom stereocenters. The van der Waals surface area contributed by atoms with Crippen molar-refractivity contribution in [1.82, 2.24) is 15.0 Å². The summed E-state index contributed by atoms with van der Waals surface area (Å²) in [6.45, 7) is 2.11. The quantitative estimate of drug-likeness (QED) is 0.618. The first-order valence-corrected chi connectivity index (χ1v) is 5.69.